The normalized spacial score (nSPS) is 13.6. The van der Waals surface area contributed by atoms with Gasteiger partial charge in [-0.2, -0.15) is 0 Å². The van der Waals surface area contributed by atoms with Crippen LogP contribution in [-0.2, 0) is 9.84 Å². The highest BCUT2D eigenvalue weighted by Gasteiger charge is 2.12. The second-order valence-electron chi connectivity index (χ2n) is 3.91. The fourth-order valence-corrected chi connectivity index (χ4v) is 3.30. The number of hydrogen-bond acceptors (Lipinski definition) is 2. The van der Waals surface area contributed by atoms with Gasteiger partial charge >= 0.3 is 0 Å². The first-order valence-electron chi connectivity index (χ1n) is 5.44. The Morgan fingerprint density at radius 2 is 1.81 bits per heavy atom. The summed E-state index contributed by atoms with van der Waals surface area (Å²) in [6.45, 7) is 2.15. The van der Waals surface area contributed by atoms with E-state index in [0.29, 0.717) is 8.82 Å². The van der Waals surface area contributed by atoms with E-state index in [4.69, 9.17) is 0 Å². The molecule has 0 saturated heterocycles. The van der Waals surface area contributed by atoms with Gasteiger partial charge in [0.25, 0.3) is 0 Å². The molecule has 0 radical (unpaired) electrons. The van der Waals surface area contributed by atoms with Crippen LogP contribution in [0.25, 0.3) is 0 Å². The van der Waals surface area contributed by atoms with Gasteiger partial charge in [0.1, 0.15) is 0 Å². The Morgan fingerprint density at radius 3 is 2.38 bits per heavy atom. The third kappa shape index (κ3) is 4.82. The number of halogens is 1. The van der Waals surface area contributed by atoms with Gasteiger partial charge in [-0.05, 0) is 25.0 Å². The Balaban J connectivity index is 2.48. The van der Waals surface area contributed by atoms with Crippen LogP contribution in [0.4, 0.5) is 0 Å². The molecule has 0 aliphatic carbocycles. The van der Waals surface area contributed by atoms with Gasteiger partial charge in [0.15, 0.2) is 9.84 Å². The molecule has 4 heteroatoms. The molecule has 1 unspecified atom stereocenters. The molecule has 1 atom stereocenters. The average molecular weight is 352 g/mol. The average Bonchev–Trinajstić information content (AvgIpc) is 2.26. The number of sulfone groups is 1. The van der Waals surface area contributed by atoms with Gasteiger partial charge in [0.05, 0.1) is 10.6 Å². The molecular formula is C12H17IO2S. The molecule has 0 aromatic heterocycles. The lowest BCUT2D eigenvalue weighted by Gasteiger charge is -2.05. The number of benzene rings is 1. The van der Waals surface area contributed by atoms with Crippen molar-refractivity contribution in [3.8, 4) is 0 Å². The van der Waals surface area contributed by atoms with Crippen LogP contribution in [0.2, 0.25) is 0 Å². The molecule has 90 valence electrons. The first kappa shape index (κ1) is 14.0. The molecule has 0 aliphatic rings. The highest BCUT2D eigenvalue weighted by molar-refractivity contribution is 14.1. The standard InChI is InChI=1S/C12H17IO2S/c1-11(13)7-5-6-10-16(14,15)12-8-3-2-4-9-12/h2-4,8-9,11H,5-7,10H2,1H3. The summed E-state index contributed by atoms with van der Waals surface area (Å²) in [6, 6.07) is 8.68. The van der Waals surface area contributed by atoms with E-state index in [9.17, 15) is 8.42 Å². The van der Waals surface area contributed by atoms with Crippen LogP contribution in [0.5, 0.6) is 0 Å². The summed E-state index contributed by atoms with van der Waals surface area (Å²) in [5.74, 6) is 0.264. The van der Waals surface area contributed by atoms with Crippen molar-refractivity contribution in [1.29, 1.82) is 0 Å². The van der Waals surface area contributed by atoms with Crippen LogP contribution in [0.1, 0.15) is 26.2 Å². The summed E-state index contributed by atoms with van der Waals surface area (Å²) in [5.41, 5.74) is 0. The molecule has 0 bridgehead atoms. The second kappa shape index (κ2) is 6.59. The minimum Gasteiger partial charge on any atom is -0.224 e. The topological polar surface area (TPSA) is 34.1 Å². The van der Waals surface area contributed by atoms with Crippen LogP contribution in [-0.4, -0.2) is 18.1 Å². The van der Waals surface area contributed by atoms with E-state index in [1.165, 1.54) is 0 Å². The second-order valence-corrected chi connectivity index (χ2v) is 8.14. The maximum absolute atomic E-state index is 11.9. The highest BCUT2D eigenvalue weighted by Crippen LogP contribution is 2.14. The summed E-state index contributed by atoms with van der Waals surface area (Å²) in [7, 11) is -3.06. The molecule has 0 fully saturated rings. The first-order valence-corrected chi connectivity index (χ1v) is 8.34. The Morgan fingerprint density at radius 1 is 1.19 bits per heavy atom. The summed E-state index contributed by atoms with van der Waals surface area (Å²) < 4.78 is 24.4. The van der Waals surface area contributed by atoms with Gasteiger partial charge in [-0.3, -0.25) is 0 Å². The van der Waals surface area contributed by atoms with Crippen molar-refractivity contribution in [2.45, 2.75) is 35.0 Å². The van der Waals surface area contributed by atoms with Crippen molar-refractivity contribution in [2.24, 2.45) is 0 Å². The third-order valence-corrected chi connectivity index (χ3v) is 4.81. The molecule has 0 amide bonds. The van der Waals surface area contributed by atoms with Crippen molar-refractivity contribution < 1.29 is 8.42 Å². The quantitative estimate of drug-likeness (QED) is 0.446. The molecule has 16 heavy (non-hydrogen) atoms. The van der Waals surface area contributed by atoms with Gasteiger partial charge in [-0.25, -0.2) is 8.42 Å². The lowest BCUT2D eigenvalue weighted by Crippen LogP contribution is -2.07. The summed E-state index contributed by atoms with van der Waals surface area (Å²) in [6.07, 6.45) is 2.83. The Labute approximate surface area is 112 Å². The predicted molar refractivity (Wildman–Crippen MR) is 75.8 cm³/mol. The Hall–Kier alpha value is -0.1000. The van der Waals surface area contributed by atoms with Gasteiger partial charge in [0, 0.05) is 3.92 Å². The van der Waals surface area contributed by atoms with Crippen LogP contribution in [0, 0.1) is 0 Å². The molecular weight excluding hydrogens is 335 g/mol. The minimum absolute atomic E-state index is 0.264. The Kier molecular flexibility index (Phi) is 5.75. The van der Waals surface area contributed by atoms with Gasteiger partial charge in [-0.15, -0.1) is 0 Å². The molecule has 1 aromatic carbocycles. The molecule has 0 saturated carbocycles. The fraction of sp³-hybridized carbons (Fsp3) is 0.500. The van der Waals surface area contributed by atoms with E-state index in [2.05, 4.69) is 29.5 Å². The lowest BCUT2D eigenvalue weighted by molar-refractivity contribution is 0.590. The van der Waals surface area contributed by atoms with Crippen LogP contribution >= 0.6 is 22.6 Å². The lowest BCUT2D eigenvalue weighted by atomic mass is 10.2. The highest BCUT2D eigenvalue weighted by atomic mass is 127. The number of hydrogen-bond donors (Lipinski definition) is 0. The molecule has 1 rings (SSSR count). The third-order valence-electron chi connectivity index (χ3n) is 2.37. The number of alkyl halides is 1. The molecule has 2 nitrogen and oxygen atoms in total. The van der Waals surface area contributed by atoms with Crippen LogP contribution in [0.3, 0.4) is 0 Å². The largest absolute Gasteiger partial charge is 0.224 e. The van der Waals surface area contributed by atoms with Crippen LogP contribution in [0.15, 0.2) is 35.2 Å². The van der Waals surface area contributed by atoms with E-state index < -0.39 is 9.84 Å². The molecule has 0 spiro atoms. The summed E-state index contributed by atoms with van der Waals surface area (Å²) in [4.78, 5) is 0.442. The van der Waals surface area contributed by atoms with Gasteiger partial charge in [-0.1, -0.05) is 54.1 Å². The number of rotatable bonds is 6. The zero-order valence-corrected chi connectivity index (χ0v) is 12.4. The van der Waals surface area contributed by atoms with Crippen molar-refractivity contribution in [1.82, 2.24) is 0 Å². The smallest absolute Gasteiger partial charge is 0.178 e. The first-order chi connectivity index (χ1) is 7.52. The van der Waals surface area contributed by atoms with E-state index in [0.717, 1.165) is 19.3 Å². The zero-order valence-electron chi connectivity index (χ0n) is 9.40. The molecule has 0 aliphatic heterocycles. The predicted octanol–water partition coefficient (Wildman–Crippen LogP) is 3.45. The number of unbranched alkanes of at least 4 members (excludes halogenated alkanes) is 1. The van der Waals surface area contributed by atoms with E-state index in [1.54, 1.807) is 24.3 Å². The van der Waals surface area contributed by atoms with Crippen molar-refractivity contribution in [3.05, 3.63) is 30.3 Å². The zero-order chi connectivity index (χ0) is 12.0. The maximum Gasteiger partial charge on any atom is 0.178 e. The SMILES string of the molecule is CC(I)CCCCS(=O)(=O)c1ccccc1. The van der Waals surface area contributed by atoms with Crippen molar-refractivity contribution >= 4 is 32.4 Å². The van der Waals surface area contributed by atoms with E-state index in [-0.39, 0.29) is 5.75 Å². The van der Waals surface area contributed by atoms with Crippen molar-refractivity contribution in [2.75, 3.05) is 5.75 Å². The fourth-order valence-electron chi connectivity index (χ4n) is 1.46. The minimum atomic E-state index is -3.06. The molecule has 0 N–H and O–H groups in total. The summed E-state index contributed by atoms with van der Waals surface area (Å²) >= 11 is 2.37. The molecule has 1 aromatic rings. The Bertz CT molecular complexity index is 398. The van der Waals surface area contributed by atoms with Gasteiger partial charge < -0.3 is 0 Å². The summed E-state index contributed by atoms with van der Waals surface area (Å²) in [5, 5.41) is 0. The van der Waals surface area contributed by atoms with E-state index in [1.807, 2.05) is 6.07 Å². The van der Waals surface area contributed by atoms with Crippen LogP contribution < -0.4 is 0 Å². The monoisotopic (exact) mass is 352 g/mol. The van der Waals surface area contributed by atoms with Gasteiger partial charge in [0.2, 0.25) is 0 Å². The van der Waals surface area contributed by atoms with Crippen molar-refractivity contribution in [3.63, 3.8) is 0 Å². The maximum atomic E-state index is 11.9. The molecule has 0 heterocycles. The van der Waals surface area contributed by atoms with E-state index >= 15 is 0 Å².